The average Bonchev–Trinajstić information content (AvgIpc) is 1.77. The molecule has 0 bridgehead atoms. The Hall–Kier alpha value is 0.635. The molecule has 0 saturated heterocycles. The molecule has 0 aromatic heterocycles. The van der Waals surface area contributed by atoms with Crippen LogP contribution >= 0.6 is 0 Å². The molecule has 0 heterocycles. The van der Waals surface area contributed by atoms with Gasteiger partial charge in [-0.1, -0.05) is 0 Å². The Bertz CT molecular complexity index is 352. The van der Waals surface area contributed by atoms with Gasteiger partial charge in [-0.15, -0.1) is 0 Å². The predicted octanol–water partition coefficient (Wildman–Crippen LogP) is -4.44. The molecule has 0 aromatic rings. The van der Waals surface area contributed by atoms with Crippen LogP contribution in [-0.4, -0.2) is 59.6 Å². The summed E-state index contributed by atoms with van der Waals surface area (Å²) in [6, 6.07) is 0. The van der Waals surface area contributed by atoms with Gasteiger partial charge in [-0.2, -0.15) is 0 Å². The van der Waals surface area contributed by atoms with Crippen molar-refractivity contribution in [3.05, 3.63) is 0 Å². The minimum Gasteiger partial charge on any atom is -0.759 e. The summed E-state index contributed by atoms with van der Waals surface area (Å²) in [4.78, 5) is 0. The van der Waals surface area contributed by atoms with Crippen LogP contribution < -0.4 is 5.73 Å². The fraction of sp³-hybridized carbons (Fsp3) is 1.00. The third-order valence-electron chi connectivity index (χ3n) is 0. The molecular weight excluding hydrogens is 418 g/mol. The van der Waals surface area contributed by atoms with Gasteiger partial charge in [-0.05, 0) is 7.05 Å². The maximum Gasteiger partial charge on any atom is 3.00 e. The second-order valence-corrected chi connectivity index (χ2v) is 3.67. The van der Waals surface area contributed by atoms with E-state index in [0.29, 0.717) is 0 Å². The van der Waals surface area contributed by atoms with Crippen molar-refractivity contribution in [3.63, 3.8) is 0 Å². The zero-order chi connectivity index (χ0) is 15.5. The summed E-state index contributed by atoms with van der Waals surface area (Å²) in [5.74, 6) is 0. The van der Waals surface area contributed by atoms with Gasteiger partial charge in [0.15, 0.2) is 0 Å². The minimum atomic E-state index is -5.17. The van der Waals surface area contributed by atoms with Gasteiger partial charge >= 0.3 is 34.7 Å². The zero-order valence-corrected chi connectivity index (χ0v) is 13.5. The Morgan fingerprint density at radius 2 is 0.526 bits per heavy atom. The van der Waals surface area contributed by atoms with Crippen LogP contribution in [0.5, 0.6) is 0 Å². The van der Waals surface area contributed by atoms with E-state index in [9.17, 15) is 0 Å². The normalized spacial score (nSPS) is 9.47. The summed E-state index contributed by atoms with van der Waals surface area (Å²) < 4.78 is 102. The third-order valence-corrected chi connectivity index (χ3v) is 0. The predicted molar refractivity (Wildman–Crippen MR) is 41.5 cm³/mol. The first-order valence-corrected chi connectivity index (χ1v) is 6.58. The van der Waals surface area contributed by atoms with Crippen LogP contribution in [0.2, 0.25) is 0 Å². The number of rotatable bonds is 0. The first-order valence-electron chi connectivity index (χ1n) is 2.58. The van der Waals surface area contributed by atoms with Gasteiger partial charge in [0.1, 0.15) is 0 Å². The molecule has 0 saturated carbocycles. The number of hydrogen-bond donors (Lipinski definition) is 1. The van der Waals surface area contributed by atoms with Crippen LogP contribution in [0, 0.1) is 0 Å². The smallest absolute Gasteiger partial charge is 0.759 e. The molecule has 0 rings (SSSR count). The molecule has 0 unspecified atom stereocenters. The summed E-state index contributed by atoms with van der Waals surface area (Å²) in [7, 11) is -14.0. The quantitative estimate of drug-likeness (QED) is 0.285. The maximum atomic E-state index is 8.52. The first-order chi connectivity index (χ1) is 7.00. The van der Waals surface area contributed by atoms with Gasteiger partial charge in [0.2, 0.25) is 0 Å². The summed E-state index contributed by atoms with van der Waals surface area (Å²) in [6.45, 7) is 0. The third kappa shape index (κ3) is 12800. The van der Waals surface area contributed by atoms with E-state index in [1.807, 2.05) is 0 Å². The van der Waals surface area contributed by atoms with Crippen molar-refractivity contribution in [2.45, 2.75) is 0 Å². The van der Waals surface area contributed by atoms with Gasteiger partial charge in [0.25, 0.3) is 0 Å². The van der Waals surface area contributed by atoms with Gasteiger partial charge in [-0.25, -0.2) is 0 Å². The minimum absolute atomic E-state index is 0. The molecule has 0 spiro atoms. The monoisotopic (exact) mass is 423 g/mol. The van der Waals surface area contributed by atoms with Gasteiger partial charge in [-0.3, -0.25) is 25.3 Å². The second kappa shape index (κ2) is 16.7. The molecule has 13 nitrogen and oxygen atoms in total. The fourth-order valence-electron chi connectivity index (χ4n) is 0. The van der Waals surface area contributed by atoms with E-state index in [4.69, 9.17) is 52.6 Å². The molecule has 0 aliphatic rings. The average molecular weight is 423 g/mol. The number of nitrogens with two attached hydrogens (primary N) is 1. The van der Waals surface area contributed by atoms with Crippen molar-refractivity contribution < 1.29 is 87.3 Å². The van der Waals surface area contributed by atoms with E-state index >= 15 is 0 Å². The Labute approximate surface area is 131 Å². The molecule has 0 amide bonds. The first kappa shape index (κ1) is 36.7. The van der Waals surface area contributed by atoms with E-state index in [1.54, 1.807) is 0 Å². The Morgan fingerprint density at radius 3 is 0.526 bits per heavy atom. The van der Waals surface area contributed by atoms with Crippen LogP contribution in [0.15, 0.2) is 0 Å². The van der Waals surface area contributed by atoms with Crippen molar-refractivity contribution >= 4 is 31.2 Å². The maximum absolute atomic E-state index is 8.52. The van der Waals surface area contributed by atoms with E-state index < -0.39 is 31.2 Å². The van der Waals surface area contributed by atoms with Gasteiger partial charge in [0, 0.05) is 31.2 Å². The van der Waals surface area contributed by atoms with Crippen molar-refractivity contribution in [2.24, 2.45) is 5.73 Å². The van der Waals surface area contributed by atoms with E-state index in [-0.39, 0.29) is 34.7 Å². The molecular formula is CH5Cr2NO12S3. The molecule has 0 atom stereocenters. The van der Waals surface area contributed by atoms with Crippen molar-refractivity contribution in [2.75, 3.05) is 7.05 Å². The van der Waals surface area contributed by atoms with Crippen molar-refractivity contribution in [1.82, 2.24) is 0 Å². The summed E-state index contributed by atoms with van der Waals surface area (Å²) in [5, 5.41) is 0. The Balaban J connectivity index is -0.0000000298. The Morgan fingerprint density at radius 1 is 0.526 bits per heavy atom. The molecule has 18 heteroatoms. The Kier molecular flexibility index (Phi) is 32.2. The summed E-state index contributed by atoms with van der Waals surface area (Å²) in [6.07, 6.45) is 0. The molecule has 0 fully saturated rings. The summed E-state index contributed by atoms with van der Waals surface area (Å²) in [5.41, 5.74) is 4.50. The fourth-order valence-corrected chi connectivity index (χ4v) is 0. The summed E-state index contributed by atoms with van der Waals surface area (Å²) >= 11 is 0. The zero-order valence-electron chi connectivity index (χ0n) is 8.52. The second-order valence-electron chi connectivity index (χ2n) is 1.22. The van der Waals surface area contributed by atoms with Crippen LogP contribution in [0.25, 0.3) is 0 Å². The number of hydrogen-bond acceptors (Lipinski definition) is 13. The topological polar surface area (TPSA) is 267 Å². The van der Waals surface area contributed by atoms with Gasteiger partial charge in [0.05, 0.1) is 0 Å². The van der Waals surface area contributed by atoms with E-state index in [2.05, 4.69) is 5.73 Å². The largest absolute Gasteiger partial charge is 3.00 e. The molecule has 0 aliphatic carbocycles. The van der Waals surface area contributed by atoms with Crippen molar-refractivity contribution in [1.29, 1.82) is 0 Å². The van der Waals surface area contributed by atoms with E-state index in [0.717, 1.165) is 0 Å². The van der Waals surface area contributed by atoms with E-state index in [1.165, 1.54) is 7.05 Å². The molecule has 2 N–H and O–H groups in total. The van der Waals surface area contributed by atoms with Crippen LogP contribution in [0.1, 0.15) is 0 Å². The van der Waals surface area contributed by atoms with Crippen LogP contribution in [-0.2, 0) is 65.9 Å². The molecule has 0 aromatic carbocycles. The molecule has 19 heavy (non-hydrogen) atoms. The molecule has 2 radical (unpaired) electrons. The molecule has 116 valence electrons. The van der Waals surface area contributed by atoms with Crippen LogP contribution in [0.3, 0.4) is 0 Å². The van der Waals surface area contributed by atoms with Gasteiger partial charge < -0.3 is 33.1 Å². The molecule has 0 aliphatic heterocycles. The standard InChI is InChI=1S/CH5N.2Cr.3H2O4S/c1-2;;;3*1-5(2,3)4/h2H2,1H3;;;3*(H2,1,2,3,4)/q;2*+3;;;/p-6. The SMILES string of the molecule is CN.O=S(=O)([O-])[O-].O=S(=O)([O-])[O-].O=S(=O)([O-])[O-].[Cr+3].[Cr+3]. The van der Waals surface area contributed by atoms with Crippen LogP contribution in [0.4, 0.5) is 0 Å². The van der Waals surface area contributed by atoms with Crippen molar-refractivity contribution in [3.8, 4) is 0 Å².